The fourth-order valence-electron chi connectivity index (χ4n) is 0.912. The summed E-state index contributed by atoms with van der Waals surface area (Å²) in [6.07, 6.45) is 0. The van der Waals surface area contributed by atoms with Crippen molar-refractivity contribution in [1.82, 2.24) is 0 Å². The van der Waals surface area contributed by atoms with Gasteiger partial charge in [0.25, 0.3) is 0 Å². The number of sulfonamides is 1. The molecule has 0 atom stereocenters. The Morgan fingerprint density at radius 2 is 2.14 bits per heavy atom. The van der Waals surface area contributed by atoms with Crippen LogP contribution in [0, 0.1) is 12.7 Å². The predicted octanol–water partition coefficient (Wildman–Crippen LogP) is 2.23. The standard InChI is InChI=1S/C8H9BrFNO2S/c1-6-2-3-7(10)8(4-6)11-14(12,13)5-9/h2-4,11H,5H2,1H3. The summed E-state index contributed by atoms with van der Waals surface area (Å²) < 4.78 is 37.2. The fourth-order valence-corrected chi connectivity index (χ4v) is 1.80. The maximum atomic E-state index is 13.1. The molecule has 0 aliphatic carbocycles. The number of aryl methyl sites for hydroxylation is 1. The SMILES string of the molecule is Cc1ccc(F)c(NS(=O)(=O)CBr)c1. The highest BCUT2D eigenvalue weighted by molar-refractivity contribution is 9.10. The van der Waals surface area contributed by atoms with Crippen molar-refractivity contribution in [3.8, 4) is 0 Å². The summed E-state index contributed by atoms with van der Waals surface area (Å²) in [5, 5.41) is 0. The summed E-state index contributed by atoms with van der Waals surface area (Å²) in [4.78, 5) is 0. The number of hydrogen-bond donors (Lipinski definition) is 1. The van der Waals surface area contributed by atoms with Crippen LogP contribution in [0.3, 0.4) is 0 Å². The predicted molar refractivity (Wildman–Crippen MR) is 57.5 cm³/mol. The van der Waals surface area contributed by atoms with Crippen LogP contribution in [-0.2, 0) is 10.0 Å². The van der Waals surface area contributed by atoms with Crippen molar-refractivity contribution in [3.63, 3.8) is 0 Å². The van der Waals surface area contributed by atoms with E-state index in [9.17, 15) is 12.8 Å². The van der Waals surface area contributed by atoms with Crippen LogP contribution in [0.2, 0.25) is 0 Å². The molecule has 0 radical (unpaired) electrons. The van der Waals surface area contributed by atoms with Crippen LogP contribution in [0.1, 0.15) is 5.56 Å². The third kappa shape index (κ3) is 2.95. The van der Waals surface area contributed by atoms with E-state index in [4.69, 9.17) is 0 Å². The molecule has 0 amide bonds. The molecular weight excluding hydrogens is 273 g/mol. The minimum Gasteiger partial charge on any atom is -0.280 e. The van der Waals surface area contributed by atoms with Gasteiger partial charge >= 0.3 is 0 Å². The molecule has 0 aliphatic rings. The Kier molecular flexibility index (Phi) is 3.49. The smallest absolute Gasteiger partial charge is 0.242 e. The van der Waals surface area contributed by atoms with Crippen LogP contribution in [0.5, 0.6) is 0 Å². The first kappa shape index (κ1) is 11.5. The van der Waals surface area contributed by atoms with Crippen molar-refractivity contribution in [2.24, 2.45) is 0 Å². The van der Waals surface area contributed by atoms with Gasteiger partial charge in [-0.2, -0.15) is 0 Å². The highest BCUT2D eigenvalue weighted by atomic mass is 79.9. The second-order valence-corrected chi connectivity index (χ2v) is 5.83. The van der Waals surface area contributed by atoms with Crippen LogP contribution >= 0.6 is 15.9 Å². The lowest BCUT2D eigenvalue weighted by Crippen LogP contribution is -2.14. The average molecular weight is 282 g/mol. The molecule has 14 heavy (non-hydrogen) atoms. The van der Waals surface area contributed by atoms with Gasteiger partial charge < -0.3 is 0 Å². The number of halogens is 2. The quantitative estimate of drug-likeness (QED) is 0.864. The van der Waals surface area contributed by atoms with E-state index < -0.39 is 15.8 Å². The normalized spacial score (nSPS) is 11.4. The van der Waals surface area contributed by atoms with Crippen molar-refractivity contribution in [3.05, 3.63) is 29.6 Å². The average Bonchev–Trinajstić information content (AvgIpc) is 2.11. The number of benzene rings is 1. The molecule has 1 aromatic carbocycles. The monoisotopic (exact) mass is 281 g/mol. The van der Waals surface area contributed by atoms with Gasteiger partial charge in [-0.25, -0.2) is 12.8 Å². The van der Waals surface area contributed by atoms with E-state index in [2.05, 4.69) is 20.7 Å². The van der Waals surface area contributed by atoms with Gasteiger partial charge in [-0.1, -0.05) is 22.0 Å². The summed E-state index contributed by atoms with van der Waals surface area (Å²) in [5.41, 5.74) is 0.767. The fraction of sp³-hybridized carbons (Fsp3) is 0.250. The van der Waals surface area contributed by atoms with Crippen molar-refractivity contribution in [1.29, 1.82) is 0 Å². The van der Waals surface area contributed by atoms with Gasteiger partial charge in [0.05, 0.1) is 5.69 Å². The Bertz CT molecular complexity index is 433. The number of anilines is 1. The zero-order chi connectivity index (χ0) is 10.8. The van der Waals surface area contributed by atoms with E-state index in [1.54, 1.807) is 13.0 Å². The first-order valence-corrected chi connectivity index (χ1v) is 6.54. The number of nitrogens with one attached hydrogen (secondary N) is 1. The zero-order valence-corrected chi connectivity index (χ0v) is 9.82. The van der Waals surface area contributed by atoms with Crippen molar-refractivity contribution in [2.45, 2.75) is 6.92 Å². The second kappa shape index (κ2) is 4.27. The zero-order valence-electron chi connectivity index (χ0n) is 7.42. The molecule has 0 aromatic heterocycles. The molecule has 0 unspecified atom stereocenters. The van der Waals surface area contributed by atoms with Gasteiger partial charge in [0.15, 0.2) is 0 Å². The Balaban J connectivity index is 3.03. The van der Waals surface area contributed by atoms with E-state index in [1.165, 1.54) is 12.1 Å². The van der Waals surface area contributed by atoms with Gasteiger partial charge in [-0.3, -0.25) is 4.72 Å². The van der Waals surface area contributed by atoms with E-state index >= 15 is 0 Å². The van der Waals surface area contributed by atoms with Crippen LogP contribution in [-0.4, -0.2) is 13.1 Å². The molecule has 1 aromatic rings. The van der Waals surface area contributed by atoms with Crippen LogP contribution in [0.15, 0.2) is 18.2 Å². The van der Waals surface area contributed by atoms with Crippen LogP contribution < -0.4 is 4.72 Å². The van der Waals surface area contributed by atoms with E-state index in [0.717, 1.165) is 5.56 Å². The van der Waals surface area contributed by atoms with Crippen LogP contribution in [0.25, 0.3) is 0 Å². The Labute approximate surface area is 90.5 Å². The maximum absolute atomic E-state index is 13.1. The molecule has 0 aliphatic heterocycles. The van der Waals surface area contributed by atoms with Gasteiger partial charge in [-0.05, 0) is 24.6 Å². The van der Waals surface area contributed by atoms with E-state index in [0.29, 0.717) is 0 Å². The van der Waals surface area contributed by atoms with Crippen LogP contribution in [0.4, 0.5) is 10.1 Å². The molecule has 1 N–H and O–H groups in total. The molecule has 1 rings (SSSR count). The lowest BCUT2D eigenvalue weighted by molar-refractivity contribution is 0.603. The molecule has 0 heterocycles. The largest absolute Gasteiger partial charge is 0.280 e. The minimum atomic E-state index is -3.49. The highest BCUT2D eigenvalue weighted by Crippen LogP contribution is 2.17. The first-order valence-electron chi connectivity index (χ1n) is 3.77. The third-order valence-electron chi connectivity index (χ3n) is 1.53. The molecule has 3 nitrogen and oxygen atoms in total. The Morgan fingerprint density at radius 3 is 2.71 bits per heavy atom. The molecule has 0 fully saturated rings. The summed E-state index contributed by atoms with van der Waals surface area (Å²) in [6, 6.07) is 4.23. The lowest BCUT2D eigenvalue weighted by Gasteiger charge is -2.06. The number of alkyl halides is 1. The Hall–Kier alpha value is -0.620. The summed E-state index contributed by atoms with van der Waals surface area (Å²) in [5.74, 6) is -0.583. The minimum absolute atomic E-state index is 0.0237. The summed E-state index contributed by atoms with van der Waals surface area (Å²) in [7, 11) is -3.49. The first-order chi connectivity index (χ1) is 6.44. The maximum Gasteiger partial charge on any atom is 0.242 e. The molecular formula is C8H9BrFNO2S. The van der Waals surface area contributed by atoms with Crippen molar-refractivity contribution < 1.29 is 12.8 Å². The molecule has 0 saturated heterocycles. The number of hydrogen-bond acceptors (Lipinski definition) is 2. The van der Waals surface area contributed by atoms with E-state index in [1.807, 2.05) is 0 Å². The van der Waals surface area contributed by atoms with Gasteiger partial charge in [0.2, 0.25) is 10.0 Å². The van der Waals surface area contributed by atoms with Gasteiger partial charge in [0.1, 0.15) is 10.5 Å². The Morgan fingerprint density at radius 1 is 1.50 bits per heavy atom. The summed E-state index contributed by atoms with van der Waals surface area (Å²) >= 11 is 2.80. The van der Waals surface area contributed by atoms with Gasteiger partial charge in [-0.15, -0.1) is 0 Å². The molecule has 6 heteroatoms. The molecule has 0 bridgehead atoms. The third-order valence-corrected chi connectivity index (χ3v) is 4.16. The lowest BCUT2D eigenvalue weighted by atomic mass is 10.2. The highest BCUT2D eigenvalue weighted by Gasteiger charge is 2.10. The molecule has 0 spiro atoms. The topological polar surface area (TPSA) is 46.2 Å². The van der Waals surface area contributed by atoms with Crippen molar-refractivity contribution in [2.75, 3.05) is 9.38 Å². The second-order valence-electron chi connectivity index (χ2n) is 2.81. The molecule has 0 saturated carbocycles. The van der Waals surface area contributed by atoms with E-state index in [-0.39, 0.29) is 10.3 Å². The van der Waals surface area contributed by atoms with Gasteiger partial charge in [0, 0.05) is 0 Å². The van der Waals surface area contributed by atoms with Crippen molar-refractivity contribution >= 4 is 31.6 Å². The number of rotatable bonds is 3. The summed E-state index contributed by atoms with van der Waals surface area (Å²) in [6.45, 7) is 1.76. The molecule has 78 valence electrons.